The van der Waals surface area contributed by atoms with E-state index in [1.54, 1.807) is 0 Å². The van der Waals surface area contributed by atoms with Crippen molar-refractivity contribution in [3.63, 3.8) is 0 Å². The Labute approximate surface area is 65.5 Å². The minimum absolute atomic E-state index is 0.789. The topological polar surface area (TPSA) is 38.0 Å². The highest BCUT2D eigenvalue weighted by atomic mass is 33.1. The summed E-state index contributed by atoms with van der Waals surface area (Å²) in [6.07, 6.45) is 0. The van der Waals surface area contributed by atoms with Crippen molar-refractivity contribution < 1.29 is 0 Å². The molecule has 0 aliphatic heterocycles. The second-order valence-electron chi connectivity index (χ2n) is 1.54. The molecule has 0 aromatic carbocycles. The summed E-state index contributed by atoms with van der Waals surface area (Å²) in [5.41, 5.74) is 5.29. The SMILES string of the molecule is BNCCSSCCN. The fourth-order valence-corrected chi connectivity index (χ4v) is 2.17. The molecule has 0 aromatic heterocycles. The Morgan fingerprint density at radius 3 is 2.56 bits per heavy atom. The minimum atomic E-state index is 0.789. The number of nitrogens with two attached hydrogens (primary N) is 1. The molecule has 0 spiro atoms. The average molecular weight is 164 g/mol. The number of nitrogens with one attached hydrogen (secondary N) is 1. The summed E-state index contributed by atoms with van der Waals surface area (Å²) in [5, 5.41) is 3.08. The Hall–Kier alpha value is 0.685. The van der Waals surface area contributed by atoms with Gasteiger partial charge in [0.2, 0.25) is 0 Å². The van der Waals surface area contributed by atoms with Gasteiger partial charge in [0.25, 0.3) is 0 Å². The summed E-state index contributed by atoms with van der Waals surface area (Å²) in [4.78, 5) is 0. The first-order chi connectivity index (χ1) is 4.41. The molecule has 9 heavy (non-hydrogen) atoms. The minimum Gasteiger partial charge on any atom is -0.361 e. The van der Waals surface area contributed by atoms with Crippen molar-refractivity contribution in [2.24, 2.45) is 5.73 Å². The first-order valence-corrected chi connectivity index (χ1v) is 5.49. The Balaban J connectivity index is 2.60. The van der Waals surface area contributed by atoms with Crippen LogP contribution >= 0.6 is 21.6 Å². The summed E-state index contributed by atoms with van der Waals surface area (Å²) in [5.74, 6) is 2.23. The third kappa shape index (κ3) is 8.68. The summed E-state index contributed by atoms with van der Waals surface area (Å²) in [6, 6.07) is 0. The highest BCUT2D eigenvalue weighted by molar-refractivity contribution is 8.76. The highest BCUT2D eigenvalue weighted by Crippen LogP contribution is 2.18. The monoisotopic (exact) mass is 164 g/mol. The molecule has 0 rings (SSSR count). The lowest BCUT2D eigenvalue weighted by Gasteiger charge is -1.97. The van der Waals surface area contributed by atoms with E-state index in [4.69, 9.17) is 5.73 Å². The molecule has 2 nitrogen and oxygen atoms in total. The number of hydrogen-bond acceptors (Lipinski definition) is 4. The van der Waals surface area contributed by atoms with Gasteiger partial charge in [0.1, 0.15) is 0 Å². The van der Waals surface area contributed by atoms with Crippen LogP contribution in [0.5, 0.6) is 0 Å². The fraction of sp³-hybridized carbons (Fsp3) is 1.00. The van der Waals surface area contributed by atoms with Gasteiger partial charge in [-0.3, -0.25) is 0 Å². The average Bonchev–Trinajstić information content (AvgIpc) is 1.89. The zero-order valence-corrected chi connectivity index (χ0v) is 7.36. The standard InChI is InChI=1S/C4H13BN2S2/c5-7-2-4-9-8-3-1-6/h7H,1-6H2. The van der Waals surface area contributed by atoms with Crippen molar-refractivity contribution in [2.45, 2.75) is 0 Å². The molecule has 0 heterocycles. The van der Waals surface area contributed by atoms with Crippen molar-refractivity contribution in [1.82, 2.24) is 5.23 Å². The highest BCUT2D eigenvalue weighted by Gasteiger charge is 1.85. The van der Waals surface area contributed by atoms with Gasteiger partial charge in [-0.15, -0.1) is 0 Å². The molecule has 0 radical (unpaired) electrons. The Morgan fingerprint density at radius 2 is 2.00 bits per heavy atom. The van der Waals surface area contributed by atoms with E-state index < -0.39 is 0 Å². The van der Waals surface area contributed by atoms with Crippen molar-refractivity contribution in [1.29, 1.82) is 0 Å². The molecular weight excluding hydrogens is 151 g/mol. The smallest absolute Gasteiger partial charge is 0.181 e. The molecule has 0 aliphatic carbocycles. The molecule has 54 valence electrons. The lowest BCUT2D eigenvalue weighted by atomic mass is 10.4. The van der Waals surface area contributed by atoms with Gasteiger partial charge in [0.15, 0.2) is 7.98 Å². The van der Waals surface area contributed by atoms with Gasteiger partial charge in [-0.2, -0.15) is 0 Å². The van der Waals surface area contributed by atoms with E-state index in [-0.39, 0.29) is 0 Å². The van der Waals surface area contributed by atoms with E-state index >= 15 is 0 Å². The van der Waals surface area contributed by atoms with Crippen LogP contribution in [0.2, 0.25) is 0 Å². The maximum Gasteiger partial charge on any atom is 0.181 e. The molecule has 0 fully saturated rings. The van der Waals surface area contributed by atoms with Crippen LogP contribution < -0.4 is 11.0 Å². The van der Waals surface area contributed by atoms with Crippen LogP contribution in [-0.2, 0) is 0 Å². The molecule has 0 bridgehead atoms. The van der Waals surface area contributed by atoms with E-state index in [2.05, 4.69) is 5.23 Å². The van der Waals surface area contributed by atoms with Crippen molar-refractivity contribution in [2.75, 3.05) is 24.6 Å². The molecule has 0 aliphatic rings. The Morgan fingerprint density at radius 1 is 1.33 bits per heavy atom. The van der Waals surface area contributed by atoms with E-state index in [1.807, 2.05) is 29.6 Å². The third-order valence-corrected chi connectivity index (χ3v) is 3.16. The Kier molecular flexibility index (Phi) is 9.35. The van der Waals surface area contributed by atoms with Crippen molar-refractivity contribution in [3.05, 3.63) is 0 Å². The Bertz CT molecular complexity index is 49.8. The molecule has 0 unspecified atom stereocenters. The maximum atomic E-state index is 5.29. The molecule has 0 amide bonds. The zero-order chi connectivity index (χ0) is 6.95. The van der Waals surface area contributed by atoms with Gasteiger partial charge in [0.05, 0.1) is 0 Å². The van der Waals surface area contributed by atoms with Gasteiger partial charge in [-0.1, -0.05) is 21.6 Å². The van der Waals surface area contributed by atoms with Crippen molar-refractivity contribution >= 4 is 29.6 Å². The zero-order valence-electron chi connectivity index (χ0n) is 5.72. The molecule has 0 aromatic rings. The van der Waals surface area contributed by atoms with Gasteiger partial charge >= 0.3 is 0 Å². The van der Waals surface area contributed by atoms with Crippen LogP contribution in [0.4, 0.5) is 0 Å². The number of hydrogen-bond donors (Lipinski definition) is 2. The molecule has 0 saturated carbocycles. The largest absolute Gasteiger partial charge is 0.361 e. The second kappa shape index (κ2) is 8.68. The summed E-state index contributed by atoms with van der Waals surface area (Å²) < 4.78 is 0. The molecular formula is C4H13BN2S2. The van der Waals surface area contributed by atoms with Gasteiger partial charge in [0, 0.05) is 18.1 Å². The first-order valence-electron chi connectivity index (χ1n) is 3.01. The fourth-order valence-electron chi connectivity index (χ4n) is 0.310. The van der Waals surface area contributed by atoms with Crippen LogP contribution in [-0.4, -0.2) is 32.6 Å². The van der Waals surface area contributed by atoms with E-state index in [9.17, 15) is 0 Å². The van der Waals surface area contributed by atoms with Crippen LogP contribution in [0.25, 0.3) is 0 Å². The predicted octanol–water partition coefficient (Wildman–Crippen LogP) is -0.536. The normalized spacial score (nSPS) is 9.89. The van der Waals surface area contributed by atoms with Crippen LogP contribution in [0.1, 0.15) is 0 Å². The first kappa shape index (κ1) is 9.68. The van der Waals surface area contributed by atoms with Gasteiger partial charge < -0.3 is 11.0 Å². The van der Waals surface area contributed by atoms with E-state index in [0.717, 1.165) is 18.8 Å². The van der Waals surface area contributed by atoms with E-state index in [1.165, 1.54) is 5.75 Å². The van der Waals surface area contributed by atoms with Crippen molar-refractivity contribution in [3.8, 4) is 0 Å². The molecule has 3 N–H and O–H groups in total. The van der Waals surface area contributed by atoms with Gasteiger partial charge in [-0.05, 0) is 6.54 Å². The summed E-state index contributed by atoms with van der Waals surface area (Å²) >= 11 is 0. The summed E-state index contributed by atoms with van der Waals surface area (Å²) in [7, 11) is 5.69. The van der Waals surface area contributed by atoms with Crippen LogP contribution in [0.3, 0.4) is 0 Å². The van der Waals surface area contributed by atoms with Crippen LogP contribution in [0, 0.1) is 0 Å². The summed E-state index contributed by atoms with van der Waals surface area (Å²) in [6.45, 7) is 1.87. The maximum absolute atomic E-state index is 5.29. The predicted molar refractivity (Wildman–Crippen MR) is 50.5 cm³/mol. The molecule has 0 saturated heterocycles. The molecule has 0 atom stereocenters. The van der Waals surface area contributed by atoms with E-state index in [0.29, 0.717) is 0 Å². The lowest BCUT2D eigenvalue weighted by molar-refractivity contribution is 1.03. The van der Waals surface area contributed by atoms with Gasteiger partial charge in [-0.25, -0.2) is 0 Å². The third-order valence-electron chi connectivity index (χ3n) is 0.720. The number of rotatable bonds is 6. The second-order valence-corrected chi connectivity index (χ2v) is 4.24. The van der Waals surface area contributed by atoms with Crippen LogP contribution in [0.15, 0.2) is 0 Å². The lowest BCUT2D eigenvalue weighted by Crippen LogP contribution is -2.11. The quantitative estimate of drug-likeness (QED) is 0.314. The molecule has 5 heteroatoms.